The summed E-state index contributed by atoms with van der Waals surface area (Å²) in [5.74, 6) is -0.772. The molecule has 2 aromatic rings. The highest BCUT2D eigenvalue weighted by Crippen LogP contribution is 2.29. The second kappa shape index (κ2) is 11.0. The van der Waals surface area contributed by atoms with E-state index in [0.717, 1.165) is 10.0 Å². The van der Waals surface area contributed by atoms with E-state index in [9.17, 15) is 14.4 Å². The maximum absolute atomic E-state index is 13.3. The maximum atomic E-state index is 13.3. The normalized spacial score (nSPS) is 17.4. The van der Waals surface area contributed by atoms with Crippen molar-refractivity contribution in [3.8, 4) is 5.82 Å². The molecule has 0 saturated carbocycles. The number of amides is 3. The van der Waals surface area contributed by atoms with Crippen molar-refractivity contribution >= 4 is 77.3 Å². The van der Waals surface area contributed by atoms with E-state index in [1.165, 1.54) is 38.2 Å². The van der Waals surface area contributed by atoms with Crippen LogP contribution in [0.2, 0.25) is 5.02 Å². The lowest BCUT2D eigenvalue weighted by Gasteiger charge is -2.32. The minimum Gasteiger partial charge on any atom is -0.452 e. The van der Waals surface area contributed by atoms with Crippen LogP contribution in [-0.4, -0.2) is 74.8 Å². The van der Waals surface area contributed by atoms with Crippen molar-refractivity contribution in [1.82, 2.24) is 30.1 Å². The molecular weight excluding hydrogens is 663 g/mol. The fourth-order valence-electron chi connectivity index (χ4n) is 3.06. The van der Waals surface area contributed by atoms with Crippen molar-refractivity contribution in [2.75, 3.05) is 21.2 Å². The molecule has 0 fully saturated rings. The summed E-state index contributed by atoms with van der Waals surface area (Å²) >= 11 is 16.4. The van der Waals surface area contributed by atoms with Gasteiger partial charge in [-0.2, -0.15) is 5.10 Å². The molecule has 1 aliphatic carbocycles. The minimum atomic E-state index is -0.781. The lowest BCUT2D eigenvalue weighted by atomic mass is 9.97. The molecule has 34 heavy (non-hydrogen) atoms. The van der Waals surface area contributed by atoms with Gasteiger partial charge in [0.2, 0.25) is 0 Å². The molecule has 14 heteroatoms. The van der Waals surface area contributed by atoms with E-state index in [1.54, 1.807) is 24.3 Å². The predicted octanol–water partition coefficient (Wildman–Crippen LogP) is 3.84. The summed E-state index contributed by atoms with van der Waals surface area (Å²) in [5, 5.41) is 9.55. The monoisotopic (exact) mass is 678 g/mol. The van der Waals surface area contributed by atoms with Crippen LogP contribution < -0.4 is 5.32 Å². The first-order valence-electron chi connectivity index (χ1n) is 9.55. The van der Waals surface area contributed by atoms with Gasteiger partial charge in [0.05, 0.1) is 23.0 Å². The van der Waals surface area contributed by atoms with Gasteiger partial charge in [0.1, 0.15) is 10.3 Å². The first-order chi connectivity index (χ1) is 16.0. The number of hydrazine groups is 1. The minimum absolute atomic E-state index is 0.146. The highest BCUT2D eigenvalue weighted by molar-refractivity contribution is 9.12. The summed E-state index contributed by atoms with van der Waals surface area (Å²) in [6.07, 6.45) is 4.17. The van der Waals surface area contributed by atoms with Gasteiger partial charge in [0.15, 0.2) is 5.82 Å². The Bertz CT molecular complexity index is 1200. The van der Waals surface area contributed by atoms with Gasteiger partial charge in [-0.05, 0) is 34.1 Å². The molecule has 10 nitrogen and oxygen atoms in total. The average Bonchev–Trinajstić information content (AvgIpc) is 3.20. The summed E-state index contributed by atoms with van der Waals surface area (Å²) in [4.78, 5) is 42.2. The van der Waals surface area contributed by atoms with Crippen LogP contribution in [0.5, 0.6) is 0 Å². The quantitative estimate of drug-likeness (QED) is 0.389. The van der Waals surface area contributed by atoms with E-state index in [1.807, 2.05) is 0 Å². The molecule has 2 atom stereocenters. The second-order valence-corrected chi connectivity index (χ2v) is 10.1. The lowest BCUT2D eigenvalue weighted by molar-refractivity contribution is -0.137. The Labute approximate surface area is 225 Å². The Morgan fingerprint density at radius 1 is 1.24 bits per heavy atom. The fraction of sp³-hybridized carbons (Fsp3) is 0.250. The first kappa shape index (κ1) is 26.4. The van der Waals surface area contributed by atoms with Gasteiger partial charge < -0.3 is 10.1 Å². The number of hydrogen-bond donors (Lipinski definition) is 1. The zero-order valence-corrected chi connectivity index (χ0v) is 23.5. The van der Waals surface area contributed by atoms with E-state index in [2.05, 4.69) is 67.9 Å². The molecule has 0 radical (unpaired) electrons. The number of halogens is 4. The number of carbonyl (C=O) groups is 3. The van der Waals surface area contributed by atoms with Crippen LogP contribution in [0.3, 0.4) is 0 Å². The molecule has 1 aliphatic rings. The van der Waals surface area contributed by atoms with Crippen molar-refractivity contribution in [2.24, 2.45) is 0 Å². The zero-order valence-electron chi connectivity index (χ0n) is 18.0. The third kappa shape index (κ3) is 5.53. The van der Waals surface area contributed by atoms with Crippen LogP contribution in [0, 0.1) is 0 Å². The van der Waals surface area contributed by atoms with Crippen molar-refractivity contribution in [2.45, 2.75) is 10.9 Å². The number of pyridine rings is 1. The van der Waals surface area contributed by atoms with E-state index >= 15 is 0 Å². The van der Waals surface area contributed by atoms with E-state index in [0.29, 0.717) is 14.1 Å². The summed E-state index contributed by atoms with van der Waals surface area (Å²) in [7, 11) is 4.02. The van der Waals surface area contributed by atoms with Crippen LogP contribution >= 0.6 is 59.4 Å². The zero-order chi connectivity index (χ0) is 25.2. The number of allylic oxidation sites excluding steroid dienone is 2. The topological polar surface area (TPSA) is 110 Å². The van der Waals surface area contributed by atoms with E-state index in [-0.39, 0.29) is 17.1 Å². The molecule has 0 saturated heterocycles. The Hall–Kier alpha value is -2.22. The number of nitrogens with one attached hydrogen (secondary N) is 1. The number of nitrogens with zero attached hydrogens (tertiary/aromatic N) is 5. The Morgan fingerprint density at radius 2 is 1.94 bits per heavy atom. The molecule has 180 valence electrons. The standard InChI is InChI=1S/C20H18Br3ClN6O4/c1-28(29(2)20(33)34-3)19(32)11-7-10(21)8-12(22)16(11)26-18(31)14-9-15(23)27-30(14)17-13(24)5-4-6-25-17/h4-9,12,16H,1-3H3,(H,26,31). The number of hydrogen-bond acceptors (Lipinski definition) is 6. The number of likely N-dealkylation sites (N-methyl/N-ethyl adjacent to an activating group) is 1. The molecule has 2 aromatic heterocycles. The van der Waals surface area contributed by atoms with Crippen molar-refractivity contribution in [3.63, 3.8) is 0 Å². The molecule has 0 spiro atoms. The molecule has 0 bridgehead atoms. The summed E-state index contributed by atoms with van der Waals surface area (Å²) in [6, 6.07) is 4.03. The number of rotatable bonds is 4. The smallest absolute Gasteiger partial charge is 0.428 e. The molecule has 2 heterocycles. The molecule has 0 aromatic carbocycles. The number of ether oxygens (including phenoxy) is 1. The van der Waals surface area contributed by atoms with E-state index < -0.39 is 28.8 Å². The van der Waals surface area contributed by atoms with E-state index in [4.69, 9.17) is 11.6 Å². The number of aromatic nitrogens is 3. The van der Waals surface area contributed by atoms with Gasteiger partial charge in [-0.15, -0.1) is 0 Å². The summed E-state index contributed by atoms with van der Waals surface area (Å²) in [6.45, 7) is 0. The Balaban J connectivity index is 1.93. The Morgan fingerprint density at radius 3 is 2.59 bits per heavy atom. The third-order valence-corrected chi connectivity index (χ3v) is 6.80. The van der Waals surface area contributed by atoms with Crippen molar-refractivity contribution in [1.29, 1.82) is 0 Å². The lowest BCUT2D eigenvalue weighted by Crippen LogP contribution is -2.51. The van der Waals surface area contributed by atoms with Crippen LogP contribution in [0.25, 0.3) is 5.82 Å². The fourth-order valence-corrected chi connectivity index (χ4v) is 5.22. The van der Waals surface area contributed by atoms with Crippen molar-refractivity contribution in [3.05, 3.63) is 61.9 Å². The molecule has 3 amide bonds. The third-order valence-electron chi connectivity index (χ3n) is 4.83. The highest BCUT2D eigenvalue weighted by atomic mass is 79.9. The SMILES string of the molecule is COC(=O)N(C)N(C)C(=O)C1=CC(Br)=CC(Br)C1NC(=O)c1cc(Br)nn1-c1ncccc1Cl. The maximum Gasteiger partial charge on any atom is 0.428 e. The van der Waals surface area contributed by atoms with Crippen LogP contribution in [0.15, 0.2) is 51.2 Å². The van der Waals surface area contributed by atoms with Crippen molar-refractivity contribution < 1.29 is 19.1 Å². The van der Waals surface area contributed by atoms with Gasteiger partial charge >= 0.3 is 6.09 Å². The van der Waals surface area contributed by atoms with Gasteiger partial charge in [0, 0.05) is 36.4 Å². The van der Waals surface area contributed by atoms with Gasteiger partial charge in [0.25, 0.3) is 11.8 Å². The molecular formula is C20H18Br3ClN6O4. The number of carbonyl (C=O) groups excluding carboxylic acids is 3. The molecule has 2 unspecified atom stereocenters. The molecule has 1 N–H and O–H groups in total. The number of alkyl halides is 1. The molecule has 3 rings (SSSR count). The second-order valence-electron chi connectivity index (χ2n) is 6.94. The molecule has 0 aliphatic heterocycles. The highest BCUT2D eigenvalue weighted by Gasteiger charge is 2.35. The summed E-state index contributed by atoms with van der Waals surface area (Å²) < 4.78 is 7.01. The van der Waals surface area contributed by atoms with Crippen LogP contribution in [-0.2, 0) is 9.53 Å². The predicted molar refractivity (Wildman–Crippen MR) is 136 cm³/mol. The largest absolute Gasteiger partial charge is 0.452 e. The average molecular weight is 682 g/mol. The summed E-state index contributed by atoms with van der Waals surface area (Å²) in [5.41, 5.74) is 0.372. The van der Waals surface area contributed by atoms with Gasteiger partial charge in [-0.25, -0.2) is 24.5 Å². The number of methoxy groups -OCH3 is 1. The van der Waals surface area contributed by atoms with Crippen LogP contribution in [0.4, 0.5) is 4.79 Å². The van der Waals surface area contributed by atoms with Gasteiger partial charge in [-0.1, -0.05) is 49.5 Å². The Kier molecular flexibility index (Phi) is 8.55. The first-order valence-corrected chi connectivity index (χ1v) is 12.4. The van der Waals surface area contributed by atoms with Gasteiger partial charge in [-0.3, -0.25) is 9.59 Å². The van der Waals surface area contributed by atoms with Crippen LogP contribution in [0.1, 0.15) is 10.5 Å².